The number of benzene rings is 1. The molecular formula is C12H13F3O3S. The molecule has 0 aromatic heterocycles. The summed E-state index contributed by atoms with van der Waals surface area (Å²) < 4.78 is 54.0. The zero-order valence-electron chi connectivity index (χ0n) is 10.4. The largest absolute Gasteiger partial charge is 0.462 e. The summed E-state index contributed by atoms with van der Waals surface area (Å²) >= 11 is 0. The highest BCUT2D eigenvalue weighted by Gasteiger charge is 2.30. The Morgan fingerprint density at radius 1 is 1.37 bits per heavy atom. The summed E-state index contributed by atoms with van der Waals surface area (Å²) in [6.07, 6.45) is -4.86. The van der Waals surface area contributed by atoms with Gasteiger partial charge in [0.1, 0.15) is 5.75 Å². The van der Waals surface area contributed by atoms with Crippen LogP contribution in [-0.4, -0.2) is 22.0 Å². The lowest BCUT2D eigenvalue weighted by Crippen LogP contribution is -2.18. The molecule has 3 nitrogen and oxygen atoms in total. The van der Waals surface area contributed by atoms with Crippen molar-refractivity contribution >= 4 is 16.8 Å². The van der Waals surface area contributed by atoms with E-state index in [1.165, 1.54) is 6.07 Å². The average Bonchev–Trinajstić information content (AvgIpc) is 2.26. The van der Waals surface area contributed by atoms with Crippen LogP contribution in [0, 0.1) is 0 Å². The minimum Gasteiger partial charge on any atom is -0.462 e. The van der Waals surface area contributed by atoms with Gasteiger partial charge in [-0.25, -0.2) is 0 Å². The lowest BCUT2D eigenvalue weighted by molar-refractivity contribution is -0.144. The zero-order valence-corrected chi connectivity index (χ0v) is 11.2. The van der Waals surface area contributed by atoms with Crippen LogP contribution in [0.2, 0.25) is 0 Å². The van der Waals surface area contributed by atoms with E-state index in [4.69, 9.17) is 4.74 Å². The minimum absolute atomic E-state index is 0.0458. The van der Waals surface area contributed by atoms with Crippen LogP contribution in [-0.2, 0) is 26.5 Å². The summed E-state index contributed by atoms with van der Waals surface area (Å²) in [7, 11) is -1.85. The molecule has 0 fully saturated rings. The Morgan fingerprint density at radius 3 is 2.53 bits per heavy atom. The Morgan fingerprint density at radius 2 is 2.00 bits per heavy atom. The highest BCUT2D eigenvalue weighted by Crippen LogP contribution is 2.30. The molecule has 0 amide bonds. The van der Waals surface area contributed by atoms with Crippen LogP contribution in [0.15, 0.2) is 29.2 Å². The predicted octanol–water partition coefficient (Wildman–Crippen LogP) is 2.76. The first-order chi connectivity index (χ1) is 8.70. The molecule has 0 radical (unpaired) electrons. The van der Waals surface area contributed by atoms with Crippen LogP contribution < -0.4 is 0 Å². The monoisotopic (exact) mass is 294 g/mol. The van der Waals surface area contributed by atoms with Gasteiger partial charge in [-0.3, -0.25) is 9.00 Å². The molecule has 1 rings (SSSR count). The summed E-state index contributed by atoms with van der Waals surface area (Å²) in [5.74, 6) is -1.16. The van der Waals surface area contributed by atoms with E-state index in [-0.39, 0.29) is 11.0 Å². The third kappa shape index (κ3) is 5.02. The first-order valence-electron chi connectivity index (χ1n) is 5.45. The van der Waals surface area contributed by atoms with Crippen molar-refractivity contribution in [3.05, 3.63) is 29.8 Å². The molecule has 19 heavy (non-hydrogen) atoms. The van der Waals surface area contributed by atoms with E-state index < -0.39 is 34.3 Å². The Bertz CT molecular complexity index is 483. The summed E-state index contributed by atoms with van der Waals surface area (Å²) in [6, 6.07) is 4.10. The van der Waals surface area contributed by atoms with Gasteiger partial charge in [-0.2, -0.15) is 13.2 Å². The molecule has 1 aromatic rings. The second-order valence-electron chi connectivity index (χ2n) is 4.05. The van der Waals surface area contributed by atoms with E-state index >= 15 is 0 Å². The quantitative estimate of drug-likeness (QED) is 0.802. The topological polar surface area (TPSA) is 43.4 Å². The number of ether oxygens (including phenoxy) is 1. The van der Waals surface area contributed by atoms with E-state index in [2.05, 4.69) is 0 Å². The minimum atomic E-state index is -4.50. The number of carbonyl (C=O) groups excluding carboxylic acids is 1. The van der Waals surface area contributed by atoms with Crippen LogP contribution in [0.1, 0.15) is 19.4 Å². The van der Waals surface area contributed by atoms with Gasteiger partial charge in [0.15, 0.2) is 0 Å². The fraction of sp³-hybridized carbons (Fsp3) is 0.417. The summed E-state index contributed by atoms with van der Waals surface area (Å²) in [6.45, 7) is 3.26. The maximum Gasteiger partial charge on any atom is 0.416 e. The third-order valence-corrected chi connectivity index (χ3v) is 3.32. The van der Waals surface area contributed by atoms with Crippen LogP contribution >= 0.6 is 0 Å². The highest BCUT2D eigenvalue weighted by molar-refractivity contribution is 7.85. The molecule has 1 unspecified atom stereocenters. The van der Waals surface area contributed by atoms with Gasteiger partial charge < -0.3 is 4.74 Å². The zero-order chi connectivity index (χ0) is 14.6. The lowest BCUT2D eigenvalue weighted by atomic mass is 10.2. The maximum atomic E-state index is 12.5. The number of esters is 1. The van der Waals surface area contributed by atoms with Gasteiger partial charge in [-0.1, -0.05) is 6.07 Å². The number of hydrogen-bond acceptors (Lipinski definition) is 3. The maximum absolute atomic E-state index is 12.5. The van der Waals surface area contributed by atoms with Crippen LogP contribution in [0.4, 0.5) is 13.2 Å². The standard InChI is InChI=1S/C12H13F3O3S/c1-8(2)18-11(16)7-19(17)10-5-3-4-9(6-10)12(13,14)15/h3-6,8H,7H2,1-2H3. The molecule has 0 aliphatic rings. The van der Waals surface area contributed by atoms with E-state index in [0.29, 0.717) is 0 Å². The van der Waals surface area contributed by atoms with Gasteiger partial charge in [-0.15, -0.1) is 0 Å². The molecule has 0 N–H and O–H groups in total. The van der Waals surface area contributed by atoms with Crippen molar-refractivity contribution in [3.63, 3.8) is 0 Å². The van der Waals surface area contributed by atoms with Crippen LogP contribution in [0.5, 0.6) is 0 Å². The van der Waals surface area contributed by atoms with Gasteiger partial charge >= 0.3 is 12.1 Å². The van der Waals surface area contributed by atoms with Gasteiger partial charge in [0.05, 0.1) is 22.5 Å². The summed E-state index contributed by atoms with van der Waals surface area (Å²) in [5, 5.41) is 0. The summed E-state index contributed by atoms with van der Waals surface area (Å²) in [4.78, 5) is 11.2. The highest BCUT2D eigenvalue weighted by atomic mass is 32.2. The van der Waals surface area contributed by atoms with E-state index in [0.717, 1.165) is 18.2 Å². The van der Waals surface area contributed by atoms with Crippen molar-refractivity contribution in [2.45, 2.75) is 31.0 Å². The molecule has 0 heterocycles. The fourth-order valence-corrected chi connectivity index (χ4v) is 2.24. The second kappa shape index (κ2) is 6.18. The smallest absolute Gasteiger partial charge is 0.416 e. The predicted molar refractivity (Wildman–Crippen MR) is 63.9 cm³/mol. The van der Waals surface area contributed by atoms with Gasteiger partial charge in [0.25, 0.3) is 0 Å². The number of alkyl halides is 3. The summed E-state index contributed by atoms with van der Waals surface area (Å²) in [5.41, 5.74) is -0.893. The van der Waals surface area contributed by atoms with Crippen molar-refractivity contribution in [2.24, 2.45) is 0 Å². The Labute approximate surface area is 111 Å². The Hall–Kier alpha value is -1.37. The van der Waals surface area contributed by atoms with Crippen LogP contribution in [0.3, 0.4) is 0 Å². The molecule has 0 aliphatic carbocycles. The number of halogens is 3. The van der Waals surface area contributed by atoms with Crippen LogP contribution in [0.25, 0.3) is 0 Å². The van der Waals surface area contributed by atoms with Crippen molar-refractivity contribution in [3.8, 4) is 0 Å². The van der Waals surface area contributed by atoms with Crippen molar-refractivity contribution in [1.82, 2.24) is 0 Å². The number of carbonyl (C=O) groups is 1. The molecule has 1 atom stereocenters. The first-order valence-corrected chi connectivity index (χ1v) is 6.77. The molecule has 0 saturated carbocycles. The van der Waals surface area contributed by atoms with E-state index in [1.807, 2.05) is 0 Å². The molecule has 0 aliphatic heterocycles. The third-order valence-electron chi connectivity index (χ3n) is 2.04. The van der Waals surface area contributed by atoms with Crippen molar-refractivity contribution in [2.75, 3.05) is 5.75 Å². The van der Waals surface area contributed by atoms with Gasteiger partial charge in [0, 0.05) is 4.90 Å². The lowest BCUT2D eigenvalue weighted by Gasteiger charge is -2.09. The number of rotatable bonds is 4. The first kappa shape index (κ1) is 15.7. The number of hydrogen-bond donors (Lipinski definition) is 0. The normalized spacial score (nSPS) is 13.4. The molecular weight excluding hydrogens is 281 g/mol. The van der Waals surface area contributed by atoms with Crippen molar-refractivity contribution in [1.29, 1.82) is 0 Å². The Kier molecular flexibility index (Phi) is 5.11. The average molecular weight is 294 g/mol. The van der Waals surface area contributed by atoms with E-state index in [9.17, 15) is 22.2 Å². The fourth-order valence-electron chi connectivity index (χ4n) is 1.30. The SMILES string of the molecule is CC(C)OC(=O)CS(=O)c1cccc(C(F)(F)F)c1. The molecule has 1 aromatic carbocycles. The molecule has 106 valence electrons. The van der Waals surface area contributed by atoms with Gasteiger partial charge in [-0.05, 0) is 32.0 Å². The molecule has 0 saturated heterocycles. The second-order valence-corrected chi connectivity index (χ2v) is 5.51. The van der Waals surface area contributed by atoms with Gasteiger partial charge in [0.2, 0.25) is 0 Å². The van der Waals surface area contributed by atoms with E-state index in [1.54, 1.807) is 13.8 Å². The molecule has 0 bridgehead atoms. The molecule has 7 heteroatoms. The Balaban J connectivity index is 2.81. The van der Waals surface area contributed by atoms with Crippen molar-refractivity contribution < 1.29 is 26.9 Å². The molecule has 0 spiro atoms.